The molecule has 108 valence electrons. The van der Waals surface area contributed by atoms with E-state index in [9.17, 15) is 4.79 Å². The predicted molar refractivity (Wildman–Crippen MR) is 77.3 cm³/mol. The fraction of sp³-hybridized carbons (Fsp3) is 0.200. The molecule has 0 aliphatic carbocycles. The Labute approximate surface area is 121 Å². The lowest BCUT2D eigenvalue weighted by Crippen LogP contribution is -2.26. The van der Waals surface area contributed by atoms with Crippen LogP contribution in [0.4, 0.5) is 5.69 Å². The number of ether oxygens (including phenoxy) is 2. The van der Waals surface area contributed by atoms with Crippen molar-refractivity contribution in [2.24, 2.45) is 0 Å². The first-order chi connectivity index (χ1) is 10.2. The minimum absolute atomic E-state index is 0.155. The second-order valence-electron chi connectivity index (χ2n) is 4.65. The Hall–Kier alpha value is -2.76. The third-order valence-electron chi connectivity index (χ3n) is 3.24. The van der Waals surface area contributed by atoms with E-state index in [4.69, 9.17) is 15.2 Å². The van der Waals surface area contributed by atoms with E-state index in [1.807, 2.05) is 12.1 Å². The first kappa shape index (κ1) is 13.2. The second-order valence-corrected chi connectivity index (χ2v) is 4.65. The molecule has 1 amide bonds. The molecule has 1 aromatic heterocycles. The van der Waals surface area contributed by atoms with Crippen molar-refractivity contribution in [2.45, 2.75) is 6.42 Å². The van der Waals surface area contributed by atoms with Crippen LogP contribution in [0.15, 0.2) is 36.7 Å². The minimum Gasteiger partial charge on any atom is -0.454 e. The van der Waals surface area contributed by atoms with Crippen molar-refractivity contribution < 1.29 is 14.3 Å². The number of amides is 1. The number of aromatic nitrogens is 1. The van der Waals surface area contributed by atoms with Gasteiger partial charge in [0.15, 0.2) is 11.5 Å². The van der Waals surface area contributed by atoms with E-state index in [0.29, 0.717) is 29.3 Å². The van der Waals surface area contributed by atoms with Gasteiger partial charge in [-0.3, -0.25) is 9.78 Å². The molecule has 0 unspecified atom stereocenters. The smallest absolute Gasteiger partial charge is 0.253 e. The number of anilines is 1. The zero-order valence-corrected chi connectivity index (χ0v) is 11.3. The lowest BCUT2D eigenvalue weighted by Gasteiger charge is -2.08. The number of hydrogen-bond acceptors (Lipinski definition) is 5. The van der Waals surface area contributed by atoms with Crippen LogP contribution >= 0.6 is 0 Å². The van der Waals surface area contributed by atoms with Gasteiger partial charge in [-0.05, 0) is 30.2 Å². The Bertz CT molecular complexity index is 659. The molecule has 0 saturated carbocycles. The number of nitrogens with two attached hydrogens (primary N) is 1. The Morgan fingerprint density at radius 2 is 1.95 bits per heavy atom. The van der Waals surface area contributed by atoms with Gasteiger partial charge in [0, 0.05) is 30.7 Å². The van der Waals surface area contributed by atoms with Crippen LogP contribution in [0, 0.1) is 0 Å². The highest BCUT2D eigenvalue weighted by Gasteiger charge is 2.19. The lowest BCUT2D eigenvalue weighted by atomic mass is 10.1. The van der Waals surface area contributed by atoms with Gasteiger partial charge in [0.1, 0.15) is 0 Å². The molecule has 0 fully saturated rings. The molecule has 6 nitrogen and oxygen atoms in total. The van der Waals surface area contributed by atoms with Gasteiger partial charge in [0.05, 0.1) is 5.56 Å². The Balaban J connectivity index is 1.63. The van der Waals surface area contributed by atoms with Crippen molar-refractivity contribution >= 4 is 11.6 Å². The van der Waals surface area contributed by atoms with Crippen LogP contribution < -0.4 is 20.5 Å². The molecule has 2 heterocycles. The maximum atomic E-state index is 12.2. The molecule has 6 heteroatoms. The molecule has 1 aliphatic rings. The third-order valence-corrected chi connectivity index (χ3v) is 3.24. The number of nitrogens with one attached hydrogen (secondary N) is 1. The molecule has 0 bridgehead atoms. The maximum absolute atomic E-state index is 12.2. The van der Waals surface area contributed by atoms with E-state index in [0.717, 1.165) is 12.0 Å². The summed E-state index contributed by atoms with van der Waals surface area (Å²) < 4.78 is 10.5. The van der Waals surface area contributed by atoms with Gasteiger partial charge in [-0.25, -0.2) is 0 Å². The first-order valence-corrected chi connectivity index (χ1v) is 6.60. The number of carbonyl (C=O) groups is 1. The number of benzene rings is 1. The average Bonchev–Trinajstić information content (AvgIpc) is 2.94. The van der Waals surface area contributed by atoms with Gasteiger partial charge in [-0.15, -0.1) is 0 Å². The summed E-state index contributed by atoms with van der Waals surface area (Å²) in [6.07, 6.45) is 4.19. The van der Waals surface area contributed by atoms with Crippen LogP contribution in [0.1, 0.15) is 15.9 Å². The molecule has 2 aromatic rings. The summed E-state index contributed by atoms with van der Waals surface area (Å²) in [5, 5.41) is 2.84. The van der Waals surface area contributed by atoms with Gasteiger partial charge in [-0.1, -0.05) is 0 Å². The number of pyridine rings is 1. The van der Waals surface area contributed by atoms with Gasteiger partial charge in [0.25, 0.3) is 5.91 Å². The third kappa shape index (κ3) is 2.89. The molecule has 0 radical (unpaired) electrons. The van der Waals surface area contributed by atoms with E-state index < -0.39 is 0 Å². The van der Waals surface area contributed by atoms with Gasteiger partial charge >= 0.3 is 0 Å². The highest BCUT2D eigenvalue weighted by atomic mass is 16.7. The van der Waals surface area contributed by atoms with E-state index in [1.165, 1.54) is 0 Å². The van der Waals surface area contributed by atoms with Crippen LogP contribution in [-0.2, 0) is 6.42 Å². The van der Waals surface area contributed by atoms with Gasteiger partial charge in [0.2, 0.25) is 6.79 Å². The monoisotopic (exact) mass is 285 g/mol. The van der Waals surface area contributed by atoms with Crippen LogP contribution in [0.25, 0.3) is 0 Å². The summed E-state index contributed by atoms with van der Waals surface area (Å²) in [5.74, 6) is 0.893. The van der Waals surface area contributed by atoms with Gasteiger partial charge in [-0.2, -0.15) is 0 Å². The van der Waals surface area contributed by atoms with E-state index in [2.05, 4.69) is 10.3 Å². The van der Waals surface area contributed by atoms with Crippen molar-refractivity contribution in [3.05, 3.63) is 47.8 Å². The average molecular weight is 285 g/mol. The topological polar surface area (TPSA) is 86.5 Å². The SMILES string of the molecule is Nc1cc2c(cc1C(=O)NCCc1ccncc1)OCO2. The quantitative estimate of drug-likeness (QED) is 0.828. The van der Waals surface area contributed by atoms with Crippen molar-refractivity contribution in [1.29, 1.82) is 0 Å². The number of nitrogens with zero attached hydrogens (tertiary/aromatic N) is 1. The Morgan fingerprint density at radius 1 is 1.24 bits per heavy atom. The van der Waals surface area contributed by atoms with Crippen molar-refractivity contribution in [1.82, 2.24) is 10.3 Å². The summed E-state index contributed by atoms with van der Waals surface area (Å²) in [4.78, 5) is 16.1. The number of carbonyl (C=O) groups excluding carboxylic acids is 1. The zero-order chi connectivity index (χ0) is 14.7. The van der Waals surface area contributed by atoms with E-state index in [-0.39, 0.29) is 12.7 Å². The van der Waals surface area contributed by atoms with Crippen LogP contribution in [0.2, 0.25) is 0 Å². The molecule has 1 aliphatic heterocycles. The van der Waals surface area contributed by atoms with E-state index >= 15 is 0 Å². The molecular weight excluding hydrogens is 270 g/mol. The van der Waals surface area contributed by atoms with Crippen molar-refractivity contribution in [3.8, 4) is 11.5 Å². The molecule has 0 saturated heterocycles. The largest absolute Gasteiger partial charge is 0.454 e. The zero-order valence-electron chi connectivity index (χ0n) is 11.3. The maximum Gasteiger partial charge on any atom is 0.253 e. The first-order valence-electron chi connectivity index (χ1n) is 6.60. The van der Waals surface area contributed by atoms with Crippen LogP contribution in [0.5, 0.6) is 11.5 Å². The lowest BCUT2D eigenvalue weighted by molar-refractivity contribution is 0.0954. The van der Waals surface area contributed by atoms with Crippen LogP contribution in [-0.4, -0.2) is 24.2 Å². The number of fused-ring (bicyclic) bond motifs is 1. The molecule has 0 spiro atoms. The second kappa shape index (κ2) is 5.70. The fourth-order valence-electron chi connectivity index (χ4n) is 2.12. The highest BCUT2D eigenvalue weighted by molar-refractivity contribution is 6.00. The molecule has 3 rings (SSSR count). The fourth-order valence-corrected chi connectivity index (χ4v) is 2.12. The molecule has 0 atom stereocenters. The normalized spacial score (nSPS) is 12.2. The molecular formula is C15H15N3O3. The summed E-state index contributed by atoms with van der Waals surface area (Å²) in [6, 6.07) is 7.06. The number of nitrogen functional groups attached to an aromatic ring is 1. The van der Waals surface area contributed by atoms with E-state index in [1.54, 1.807) is 24.5 Å². The highest BCUT2D eigenvalue weighted by Crippen LogP contribution is 2.35. The summed E-state index contributed by atoms with van der Waals surface area (Å²) >= 11 is 0. The van der Waals surface area contributed by atoms with Gasteiger partial charge < -0.3 is 20.5 Å². The Kier molecular flexibility index (Phi) is 3.59. The number of hydrogen-bond donors (Lipinski definition) is 2. The minimum atomic E-state index is -0.222. The van der Waals surface area contributed by atoms with Crippen molar-refractivity contribution in [2.75, 3.05) is 19.1 Å². The number of rotatable bonds is 4. The van der Waals surface area contributed by atoms with Crippen LogP contribution in [0.3, 0.4) is 0 Å². The summed E-state index contributed by atoms with van der Waals surface area (Å²) in [6.45, 7) is 0.679. The molecule has 3 N–H and O–H groups in total. The predicted octanol–water partition coefficient (Wildman–Crippen LogP) is 1.37. The standard InChI is InChI=1S/C15H15N3O3/c16-12-8-14-13(20-9-21-14)7-11(12)15(19)18-6-3-10-1-4-17-5-2-10/h1-2,4-5,7-8H,3,6,9,16H2,(H,18,19). The Morgan fingerprint density at radius 3 is 2.71 bits per heavy atom. The van der Waals surface area contributed by atoms with Crippen molar-refractivity contribution in [3.63, 3.8) is 0 Å². The summed E-state index contributed by atoms with van der Waals surface area (Å²) in [7, 11) is 0. The molecule has 1 aromatic carbocycles. The summed E-state index contributed by atoms with van der Waals surface area (Å²) in [5.41, 5.74) is 7.76. The molecule has 21 heavy (non-hydrogen) atoms.